The second-order valence-electron chi connectivity index (χ2n) is 8.87. The molecule has 7 nitrogen and oxygen atoms in total. The van der Waals surface area contributed by atoms with Gasteiger partial charge in [-0.05, 0) is 31.2 Å². The Morgan fingerprint density at radius 3 is 2.34 bits per heavy atom. The van der Waals surface area contributed by atoms with Gasteiger partial charge in [0.1, 0.15) is 0 Å². The Balaban J connectivity index is 0.00000289. The average Bonchev–Trinajstić information content (AvgIpc) is 3.26. The molecule has 1 N–H and O–H groups in total. The van der Waals surface area contributed by atoms with Gasteiger partial charge in [-0.15, -0.1) is 35.3 Å². The highest BCUT2D eigenvalue weighted by Crippen LogP contribution is 2.28. The van der Waals surface area contributed by atoms with E-state index in [0.717, 1.165) is 97.3 Å². The Bertz CT molecular complexity index is 710. The summed E-state index contributed by atoms with van der Waals surface area (Å²) >= 11 is 1.85. The van der Waals surface area contributed by atoms with E-state index >= 15 is 0 Å². The predicted molar refractivity (Wildman–Crippen MR) is 143 cm³/mol. The van der Waals surface area contributed by atoms with E-state index in [1.807, 2.05) is 11.3 Å². The number of nitrogens with zero attached hydrogens (tertiary/aromatic N) is 5. The number of halogens is 1. The normalized spacial score (nSPS) is 21.2. The summed E-state index contributed by atoms with van der Waals surface area (Å²) in [6, 6.07) is 4.36. The van der Waals surface area contributed by atoms with Crippen LogP contribution in [0.3, 0.4) is 0 Å². The van der Waals surface area contributed by atoms with Crippen LogP contribution in [0.1, 0.15) is 31.1 Å². The van der Waals surface area contributed by atoms with Crippen molar-refractivity contribution in [3.63, 3.8) is 0 Å². The summed E-state index contributed by atoms with van der Waals surface area (Å²) in [7, 11) is 0. The molecule has 3 aliphatic rings. The number of thiophene rings is 1. The summed E-state index contributed by atoms with van der Waals surface area (Å²) in [5.41, 5.74) is 0. The molecule has 1 aromatic rings. The Morgan fingerprint density at radius 1 is 1.06 bits per heavy atom. The lowest BCUT2D eigenvalue weighted by Crippen LogP contribution is -2.53. The third-order valence-electron chi connectivity index (χ3n) is 6.78. The number of carbonyl (C=O) groups is 1. The molecule has 180 valence electrons. The lowest BCUT2D eigenvalue weighted by Gasteiger charge is -2.38. The monoisotopic (exact) mass is 574 g/mol. The van der Waals surface area contributed by atoms with E-state index in [-0.39, 0.29) is 24.0 Å². The van der Waals surface area contributed by atoms with Gasteiger partial charge in [-0.3, -0.25) is 19.6 Å². The first-order chi connectivity index (χ1) is 15.2. The number of amides is 1. The number of nitrogens with one attached hydrogen (secondary N) is 1. The maximum Gasteiger partial charge on any atom is 0.225 e. The Kier molecular flexibility index (Phi) is 10.5. The van der Waals surface area contributed by atoms with Crippen molar-refractivity contribution < 1.29 is 4.79 Å². The van der Waals surface area contributed by atoms with Gasteiger partial charge in [-0.2, -0.15) is 0 Å². The molecule has 0 bridgehead atoms. The summed E-state index contributed by atoms with van der Waals surface area (Å²) in [4.78, 5) is 28.3. The van der Waals surface area contributed by atoms with E-state index in [0.29, 0.717) is 11.8 Å². The van der Waals surface area contributed by atoms with Gasteiger partial charge in [0.05, 0.1) is 6.54 Å². The highest BCUT2D eigenvalue weighted by Gasteiger charge is 2.31. The number of piperazine rings is 2. The molecular weight excluding hydrogens is 535 g/mol. The topological polar surface area (TPSA) is 54.4 Å². The van der Waals surface area contributed by atoms with Crippen molar-refractivity contribution in [1.29, 1.82) is 0 Å². The third kappa shape index (κ3) is 7.04. The van der Waals surface area contributed by atoms with Crippen LogP contribution in [-0.2, 0) is 11.3 Å². The van der Waals surface area contributed by atoms with Gasteiger partial charge >= 0.3 is 0 Å². The van der Waals surface area contributed by atoms with Crippen LogP contribution >= 0.6 is 35.3 Å². The van der Waals surface area contributed by atoms with Crippen molar-refractivity contribution in [2.75, 3.05) is 72.0 Å². The van der Waals surface area contributed by atoms with Gasteiger partial charge in [-0.1, -0.05) is 12.5 Å². The standard InChI is InChI=1S/C23H38N6OS.HI/c1-2-24-23(29-16-12-27(13-17-29)19-21-7-4-18-31-21)25-8-9-26-10-14-28(15-11-26)22(30)20-5-3-6-20;/h4,7,18,20H,2-3,5-6,8-17,19H2,1H3,(H,24,25);1H. The van der Waals surface area contributed by atoms with Crippen LogP contribution in [0, 0.1) is 5.92 Å². The van der Waals surface area contributed by atoms with Crippen molar-refractivity contribution in [1.82, 2.24) is 24.9 Å². The number of carbonyl (C=O) groups excluding carboxylic acids is 1. The lowest BCUT2D eigenvalue weighted by atomic mass is 9.84. The Hall–Kier alpha value is -0.910. The number of aliphatic imine (C=N–C) groups is 1. The van der Waals surface area contributed by atoms with Gasteiger partial charge in [0.25, 0.3) is 0 Å². The summed E-state index contributed by atoms with van der Waals surface area (Å²) in [6.07, 6.45) is 3.43. The minimum Gasteiger partial charge on any atom is -0.357 e. The van der Waals surface area contributed by atoms with Crippen LogP contribution in [0.25, 0.3) is 0 Å². The van der Waals surface area contributed by atoms with Gasteiger partial charge < -0.3 is 15.1 Å². The molecule has 0 radical (unpaired) electrons. The van der Waals surface area contributed by atoms with Gasteiger partial charge in [0.15, 0.2) is 5.96 Å². The maximum atomic E-state index is 12.4. The smallest absolute Gasteiger partial charge is 0.225 e. The number of rotatable bonds is 7. The van der Waals surface area contributed by atoms with Crippen LogP contribution in [0.15, 0.2) is 22.5 Å². The first-order valence-electron chi connectivity index (χ1n) is 12.0. The van der Waals surface area contributed by atoms with E-state index in [4.69, 9.17) is 4.99 Å². The van der Waals surface area contributed by atoms with Crippen LogP contribution < -0.4 is 5.32 Å². The highest BCUT2D eigenvalue weighted by molar-refractivity contribution is 14.0. The predicted octanol–water partition coefficient (Wildman–Crippen LogP) is 2.39. The van der Waals surface area contributed by atoms with Crippen molar-refractivity contribution in [2.24, 2.45) is 10.9 Å². The zero-order valence-corrected chi connectivity index (χ0v) is 22.5. The summed E-state index contributed by atoms with van der Waals surface area (Å²) in [5, 5.41) is 5.65. The Morgan fingerprint density at radius 2 is 1.75 bits per heavy atom. The van der Waals surface area contributed by atoms with Gasteiger partial charge in [0, 0.05) is 82.8 Å². The lowest BCUT2D eigenvalue weighted by molar-refractivity contribution is -0.139. The van der Waals surface area contributed by atoms with E-state index in [1.165, 1.54) is 11.3 Å². The molecule has 3 fully saturated rings. The van der Waals surface area contributed by atoms with E-state index in [2.05, 4.69) is 49.4 Å². The molecule has 0 aromatic carbocycles. The van der Waals surface area contributed by atoms with Crippen LogP contribution in [0.5, 0.6) is 0 Å². The second kappa shape index (κ2) is 13.1. The molecule has 3 heterocycles. The molecule has 1 aliphatic carbocycles. The molecule has 9 heteroatoms. The quantitative estimate of drug-likeness (QED) is 0.308. The number of hydrogen-bond donors (Lipinski definition) is 1. The molecule has 2 aliphatic heterocycles. The molecule has 4 rings (SSSR count). The van der Waals surface area contributed by atoms with Gasteiger partial charge in [-0.25, -0.2) is 0 Å². The third-order valence-corrected chi connectivity index (χ3v) is 7.64. The number of guanidine groups is 1. The van der Waals surface area contributed by atoms with E-state index in [1.54, 1.807) is 0 Å². The molecule has 0 spiro atoms. The fraction of sp³-hybridized carbons (Fsp3) is 0.739. The van der Waals surface area contributed by atoms with Gasteiger partial charge in [0.2, 0.25) is 5.91 Å². The SMILES string of the molecule is CCNC(=NCCN1CCN(C(=O)C2CCC2)CC1)N1CCN(Cc2cccs2)CC1.I. The summed E-state index contributed by atoms with van der Waals surface area (Å²) < 4.78 is 0. The first kappa shape index (κ1) is 25.7. The van der Waals surface area contributed by atoms with E-state index < -0.39 is 0 Å². The maximum absolute atomic E-state index is 12.4. The molecular formula is C23H39IN6OS. The highest BCUT2D eigenvalue weighted by atomic mass is 127. The molecule has 2 saturated heterocycles. The zero-order chi connectivity index (χ0) is 21.5. The second-order valence-corrected chi connectivity index (χ2v) is 9.91. The van der Waals surface area contributed by atoms with Crippen LogP contribution in [-0.4, -0.2) is 103 Å². The van der Waals surface area contributed by atoms with Crippen molar-refractivity contribution >= 4 is 47.2 Å². The molecule has 1 amide bonds. The zero-order valence-electron chi connectivity index (χ0n) is 19.4. The van der Waals surface area contributed by atoms with Crippen molar-refractivity contribution in [3.8, 4) is 0 Å². The first-order valence-corrected chi connectivity index (χ1v) is 12.9. The molecule has 0 atom stereocenters. The van der Waals surface area contributed by atoms with Crippen LogP contribution in [0.4, 0.5) is 0 Å². The minimum absolute atomic E-state index is 0. The molecule has 1 aromatic heterocycles. The van der Waals surface area contributed by atoms with Crippen molar-refractivity contribution in [2.45, 2.75) is 32.7 Å². The Labute approximate surface area is 214 Å². The largest absolute Gasteiger partial charge is 0.357 e. The fourth-order valence-corrected chi connectivity index (χ4v) is 5.32. The number of hydrogen-bond acceptors (Lipinski definition) is 5. The summed E-state index contributed by atoms with van der Waals surface area (Å²) in [6.45, 7) is 13.8. The molecule has 1 saturated carbocycles. The minimum atomic E-state index is 0. The van der Waals surface area contributed by atoms with Crippen LogP contribution in [0.2, 0.25) is 0 Å². The molecule has 32 heavy (non-hydrogen) atoms. The fourth-order valence-electron chi connectivity index (χ4n) is 4.57. The average molecular weight is 575 g/mol. The molecule has 0 unspecified atom stereocenters. The van der Waals surface area contributed by atoms with Crippen molar-refractivity contribution in [3.05, 3.63) is 22.4 Å². The van der Waals surface area contributed by atoms with E-state index in [9.17, 15) is 4.79 Å². The summed E-state index contributed by atoms with van der Waals surface area (Å²) in [5.74, 6) is 1.78.